The second-order valence-corrected chi connectivity index (χ2v) is 12.1. The minimum absolute atomic E-state index is 0.144. The maximum atomic E-state index is 13.7. The number of ether oxygens (including phenoxy) is 1. The number of ketones is 1. The fourth-order valence-electron chi connectivity index (χ4n) is 7.01. The van der Waals surface area contributed by atoms with Crippen LogP contribution in [0, 0.1) is 11.3 Å². The minimum atomic E-state index is -2.01. The number of carbonyl (C=O) groups excluding carboxylic acids is 2. The van der Waals surface area contributed by atoms with E-state index in [0.717, 1.165) is 25.7 Å². The summed E-state index contributed by atoms with van der Waals surface area (Å²) in [6, 6.07) is 0. The second-order valence-electron chi connectivity index (χ2n) is 12.1. The van der Waals surface area contributed by atoms with Crippen molar-refractivity contribution >= 4 is 11.8 Å². The summed E-state index contributed by atoms with van der Waals surface area (Å²) in [5.74, 6) is -1.07. The lowest BCUT2D eigenvalue weighted by atomic mass is 9.64. The van der Waals surface area contributed by atoms with E-state index in [-0.39, 0.29) is 12.2 Å². The van der Waals surface area contributed by atoms with E-state index in [9.17, 15) is 24.9 Å². The minimum Gasteiger partial charge on any atom is -0.454 e. The van der Waals surface area contributed by atoms with E-state index in [2.05, 4.69) is 6.92 Å². The van der Waals surface area contributed by atoms with Crippen LogP contribution in [0.4, 0.5) is 0 Å². The summed E-state index contributed by atoms with van der Waals surface area (Å²) in [5.41, 5.74) is -2.49. The van der Waals surface area contributed by atoms with Crippen molar-refractivity contribution in [2.75, 3.05) is 6.61 Å². The standard InChI is InChI=1S/C32H52O6/c1-3-4-5-6-7-8-9-10-11-12-13-14-15-19-27(34)38-30-26(23-33)21-25-18-16-17-20-31(29(25)36)22-24(2)28(35)32(30,31)37/h21-22,25,28,30,33,35,37H,3-20,23H2,1-2H3/t25?,28-,30+,31?,32+/m0/s1. The van der Waals surface area contributed by atoms with Crippen LogP contribution in [-0.2, 0) is 14.3 Å². The molecule has 0 amide bonds. The van der Waals surface area contributed by atoms with Crippen LogP contribution < -0.4 is 0 Å². The van der Waals surface area contributed by atoms with Crippen LogP contribution in [0.3, 0.4) is 0 Å². The summed E-state index contributed by atoms with van der Waals surface area (Å²) in [4.78, 5) is 26.6. The Balaban J connectivity index is 1.49. The van der Waals surface area contributed by atoms with Crippen molar-refractivity contribution in [2.24, 2.45) is 11.3 Å². The van der Waals surface area contributed by atoms with E-state index in [1.807, 2.05) is 0 Å². The summed E-state index contributed by atoms with van der Waals surface area (Å²) < 4.78 is 5.85. The number of aliphatic hydroxyl groups excluding tert-OH is 2. The maximum absolute atomic E-state index is 13.7. The van der Waals surface area contributed by atoms with Gasteiger partial charge >= 0.3 is 5.97 Å². The molecule has 3 rings (SSSR count). The molecule has 6 nitrogen and oxygen atoms in total. The van der Waals surface area contributed by atoms with Crippen LogP contribution in [0.25, 0.3) is 0 Å². The summed E-state index contributed by atoms with van der Waals surface area (Å²) in [6.45, 7) is 3.51. The van der Waals surface area contributed by atoms with Crippen LogP contribution >= 0.6 is 0 Å². The number of esters is 1. The van der Waals surface area contributed by atoms with E-state index in [1.54, 1.807) is 19.1 Å². The van der Waals surface area contributed by atoms with Gasteiger partial charge in [0.05, 0.1) is 12.0 Å². The lowest BCUT2D eigenvalue weighted by Gasteiger charge is -2.46. The van der Waals surface area contributed by atoms with Gasteiger partial charge < -0.3 is 20.1 Å². The van der Waals surface area contributed by atoms with Gasteiger partial charge in [0.25, 0.3) is 0 Å². The molecule has 0 aromatic carbocycles. The number of fused-ring (bicyclic) bond motifs is 1. The molecule has 3 N–H and O–H groups in total. The molecule has 3 aliphatic carbocycles. The zero-order valence-electron chi connectivity index (χ0n) is 23.9. The molecule has 0 radical (unpaired) electrons. The fourth-order valence-corrected chi connectivity index (χ4v) is 7.01. The number of unbranched alkanes of at least 4 members (excludes halogenated alkanes) is 12. The van der Waals surface area contributed by atoms with Gasteiger partial charge in [0.15, 0.2) is 17.5 Å². The Morgan fingerprint density at radius 2 is 1.55 bits per heavy atom. The first-order chi connectivity index (χ1) is 18.3. The van der Waals surface area contributed by atoms with Crippen molar-refractivity contribution in [2.45, 2.75) is 147 Å². The largest absolute Gasteiger partial charge is 0.454 e. The highest BCUT2D eigenvalue weighted by Gasteiger charge is 2.69. The average molecular weight is 533 g/mol. The van der Waals surface area contributed by atoms with Crippen molar-refractivity contribution in [3.63, 3.8) is 0 Å². The zero-order valence-corrected chi connectivity index (χ0v) is 23.9. The normalized spacial score (nSPS) is 30.8. The smallest absolute Gasteiger partial charge is 0.306 e. The first-order valence-electron chi connectivity index (χ1n) is 15.5. The first-order valence-corrected chi connectivity index (χ1v) is 15.5. The van der Waals surface area contributed by atoms with E-state index in [1.165, 1.54) is 64.2 Å². The van der Waals surface area contributed by atoms with Gasteiger partial charge in [-0.2, -0.15) is 0 Å². The van der Waals surface area contributed by atoms with E-state index < -0.39 is 41.7 Å². The molecule has 1 fully saturated rings. The number of rotatable bonds is 16. The van der Waals surface area contributed by atoms with E-state index >= 15 is 0 Å². The molecule has 0 saturated heterocycles. The van der Waals surface area contributed by atoms with Crippen molar-refractivity contribution in [3.8, 4) is 0 Å². The van der Waals surface area contributed by atoms with Gasteiger partial charge in [-0.15, -0.1) is 0 Å². The van der Waals surface area contributed by atoms with Gasteiger partial charge in [-0.25, -0.2) is 0 Å². The molecule has 0 aromatic heterocycles. The molecule has 6 heteroatoms. The lowest BCUT2D eigenvalue weighted by molar-refractivity contribution is -0.197. The van der Waals surface area contributed by atoms with Gasteiger partial charge in [-0.3, -0.25) is 9.59 Å². The number of Topliss-reactive ketones (excluding diaryl/α,β-unsaturated/α-hetero) is 1. The van der Waals surface area contributed by atoms with Gasteiger partial charge in [0.2, 0.25) is 0 Å². The van der Waals surface area contributed by atoms with Crippen LogP contribution in [0.5, 0.6) is 0 Å². The molecular formula is C32H52O6. The lowest BCUT2D eigenvalue weighted by Crippen LogP contribution is -2.63. The van der Waals surface area contributed by atoms with Crippen LogP contribution in [0.2, 0.25) is 0 Å². The molecule has 5 atom stereocenters. The van der Waals surface area contributed by atoms with Crippen LogP contribution in [-0.4, -0.2) is 51.5 Å². The fraction of sp³-hybridized carbons (Fsp3) is 0.812. The summed E-state index contributed by atoms with van der Waals surface area (Å²) in [5, 5.41) is 33.4. The Labute approximate surface area is 229 Å². The van der Waals surface area contributed by atoms with Gasteiger partial charge in [0, 0.05) is 12.3 Å². The molecule has 3 aliphatic rings. The highest BCUT2D eigenvalue weighted by atomic mass is 16.6. The van der Waals surface area contributed by atoms with E-state index in [4.69, 9.17) is 4.74 Å². The Hall–Kier alpha value is -1.50. The summed E-state index contributed by atoms with van der Waals surface area (Å²) in [6.07, 6.45) is 19.4. The Bertz CT molecular complexity index is 847. The highest BCUT2D eigenvalue weighted by molar-refractivity contribution is 5.94. The second kappa shape index (κ2) is 14.8. The van der Waals surface area contributed by atoms with Gasteiger partial charge in [-0.1, -0.05) is 109 Å². The molecule has 38 heavy (non-hydrogen) atoms. The quantitative estimate of drug-likeness (QED) is 0.126. The van der Waals surface area contributed by atoms with Crippen molar-refractivity contribution < 1.29 is 29.6 Å². The van der Waals surface area contributed by atoms with Crippen molar-refractivity contribution in [3.05, 3.63) is 23.3 Å². The van der Waals surface area contributed by atoms with Crippen LogP contribution in [0.1, 0.15) is 129 Å². The topological polar surface area (TPSA) is 104 Å². The van der Waals surface area contributed by atoms with Crippen molar-refractivity contribution in [1.29, 1.82) is 0 Å². The number of hydrogen-bond donors (Lipinski definition) is 3. The molecule has 0 aliphatic heterocycles. The average Bonchev–Trinajstić information content (AvgIpc) is 2.98. The van der Waals surface area contributed by atoms with Gasteiger partial charge in [-0.05, 0) is 37.3 Å². The predicted molar refractivity (Wildman–Crippen MR) is 149 cm³/mol. The molecule has 1 spiro atoms. The van der Waals surface area contributed by atoms with Gasteiger partial charge in [0.1, 0.15) is 6.10 Å². The molecule has 2 unspecified atom stereocenters. The summed E-state index contributed by atoms with van der Waals surface area (Å²) >= 11 is 0. The monoisotopic (exact) mass is 532 g/mol. The number of aliphatic hydroxyl groups is 3. The summed E-state index contributed by atoms with van der Waals surface area (Å²) in [7, 11) is 0. The molecular weight excluding hydrogens is 480 g/mol. The molecule has 1 saturated carbocycles. The molecule has 216 valence electrons. The van der Waals surface area contributed by atoms with E-state index in [0.29, 0.717) is 30.4 Å². The molecule has 2 bridgehead atoms. The number of carbonyl (C=O) groups is 2. The Kier molecular flexibility index (Phi) is 12.1. The van der Waals surface area contributed by atoms with Crippen molar-refractivity contribution in [1.82, 2.24) is 0 Å². The highest BCUT2D eigenvalue weighted by Crippen LogP contribution is 2.57. The maximum Gasteiger partial charge on any atom is 0.306 e. The third-order valence-electron chi connectivity index (χ3n) is 9.22. The molecule has 0 aromatic rings. The molecule has 0 heterocycles. The predicted octanol–water partition coefficient (Wildman–Crippen LogP) is 6.11. The number of allylic oxidation sites excluding steroid dienone is 1. The number of hydrogen-bond acceptors (Lipinski definition) is 6. The third kappa shape index (κ3) is 6.79. The zero-order chi connectivity index (χ0) is 27.6. The first kappa shape index (κ1) is 31.0. The third-order valence-corrected chi connectivity index (χ3v) is 9.22. The SMILES string of the molecule is CCCCCCCCCCCCCCCC(=O)O[C@@H]1C(CO)=CC2CCCCC3(C=C(C)[C@H](O)[C@@]13O)C2=O. The van der Waals surface area contributed by atoms with Crippen LogP contribution in [0.15, 0.2) is 23.3 Å². The Morgan fingerprint density at radius 1 is 0.974 bits per heavy atom. The Morgan fingerprint density at radius 3 is 2.13 bits per heavy atom.